The summed E-state index contributed by atoms with van der Waals surface area (Å²) in [4.78, 5) is 0. The number of rotatable bonds is 27. The quantitative estimate of drug-likeness (QED) is 0.0378. The Morgan fingerprint density at radius 1 is 0.217 bits per heavy atom. The van der Waals surface area contributed by atoms with Crippen molar-refractivity contribution in [3.05, 3.63) is 333 Å². The third kappa shape index (κ3) is 9.59. The summed E-state index contributed by atoms with van der Waals surface area (Å²) in [5, 5.41) is 10.6. The van der Waals surface area contributed by atoms with Crippen molar-refractivity contribution in [2.24, 2.45) is 0 Å². The molecule has 0 aromatic heterocycles. The van der Waals surface area contributed by atoms with Gasteiger partial charge in [0.2, 0.25) is 0 Å². The highest BCUT2D eigenvalue weighted by atomic mass is 16.6. The highest BCUT2D eigenvalue weighted by molar-refractivity contribution is 6.03. The zero-order valence-corrected chi connectivity index (χ0v) is 52.4. The monoisotopic (exact) mass is 1210 g/mol. The van der Waals surface area contributed by atoms with Crippen molar-refractivity contribution in [1.82, 2.24) is 0 Å². The third-order valence-corrected chi connectivity index (χ3v) is 20.9. The lowest BCUT2D eigenvalue weighted by Gasteiger charge is -2.56. The molecular formula is C86H78O6. The van der Waals surface area contributed by atoms with Gasteiger partial charge in [0.15, 0.2) is 0 Å². The smallest absolute Gasteiger partial charge is 0.144 e. The Balaban J connectivity index is 0.540. The number of hydrogen-bond acceptors (Lipinski definition) is 6. The first kappa shape index (κ1) is 58.5. The van der Waals surface area contributed by atoms with Gasteiger partial charge < -0.3 is 28.4 Å². The molecule has 6 aliphatic carbocycles. The normalized spacial score (nSPS) is 19.4. The maximum atomic E-state index is 7.34. The predicted octanol–water partition coefficient (Wildman–Crippen LogP) is 18.4. The first-order chi connectivity index (χ1) is 45.7. The largest absolute Gasteiger partial charge is 0.381 e. The lowest BCUT2D eigenvalue weighted by molar-refractivity contribution is -0.0532. The van der Waals surface area contributed by atoms with E-state index in [4.69, 9.17) is 28.4 Å². The van der Waals surface area contributed by atoms with Crippen LogP contribution in [0, 0.1) is 0 Å². The van der Waals surface area contributed by atoms with Crippen LogP contribution < -0.4 is 0 Å². The van der Waals surface area contributed by atoms with Gasteiger partial charge in [0.05, 0.1) is 39.6 Å². The second kappa shape index (κ2) is 25.2. The van der Waals surface area contributed by atoms with Gasteiger partial charge in [0, 0.05) is 37.3 Å². The van der Waals surface area contributed by atoms with Crippen molar-refractivity contribution < 1.29 is 28.4 Å². The molecule has 4 bridgehead atoms. The van der Waals surface area contributed by atoms with E-state index in [0.717, 1.165) is 64.6 Å². The molecule has 458 valence electrons. The van der Waals surface area contributed by atoms with Gasteiger partial charge in [-0.3, -0.25) is 0 Å². The second-order valence-electron chi connectivity index (χ2n) is 25.6. The lowest BCUT2D eigenvalue weighted by Crippen LogP contribution is -2.52. The molecule has 0 atom stereocenters. The zero-order chi connectivity index (χ0) is 61.4. The van der Waals surface area contributed by atoms with Gasteiger partial charge in [-0.2, -0.15) is 0 Å². The molecule has 0 heterocycles. The Morgan fingerprint density at radius 3 is 0.739 bits per heavy atom. The van der Waals surface area contributed by atoms with Crippen LogP contribution in [0.1, 0.15) is 116 Å². The zero-order valence-electron chi connectivity index (χ0n) is 52.4. The van der Waals surface area contributed by atoms with Crippen molar-refractivity contribution in [2.75, 3.05) is 66.1 Å². The summed E-state index contributed by atoms with van der Waals surface area (Å²) in [6, 6.07) is 93.8. The molecule has 6 nitrogen and oxygen atoms in total. The molecule has 18 rings (SSSR count). The molecule has 0 unspecified atom stereocenters. The van der Waals surface area contributed by atoms with Gasteiger partial charge in [0.25, 0.3) is 0 Å². The van der Waals surface area contributed by atoms with Crippen LogP contribution in [0.4, 0.5) is 0 Å². The summed E-state index contributed by atoms with van der Waals surface area (Å²) in [7, 11) is 0. The fourth-order valence-electron chi connectivity index (χ4n) is 17.4. The first-order valence-electron chi connectivity index (χ1n) is 33.6. The van der Waals surface area contributed by atoms with E-state index in [2.05, 4.69) is 255 Å². The summed E-state index contributed by atoms with van der Waals surface area (Å²) < 4.78 is 40.4. The van der Waals surface area contributed by atoms with Crippen molar-refractivity contribution in [3.63, 3.8) is 0 Å². The summed E-state index contributed by atoms with van der Waals surface area (Å²) in [6.45, 7) is 5.41. The average Bonchev–Trinajstić information content (AvgIpc) is 0.670. The molecular weight excluding hydrogens is 1130 g/mol. The Hall–Kier alpha value is -8.56. The molecule has 0 aliphatic heterocycles. The van der Waals surface area contributed by atoms with Crippen molar-refractivity contribution in [3.8, 4) is 0 Å². The molecule has 0 radical (unpaired) electrons. The van der Waals surface area contributed by atoms with Crippen LogP contribution in [0.5, 0.6) is 0 Å². The summed E-state index contributed by atoms with van der Waals surface area (Å²) >= 11 is 0. The SMILES string of the molecule is c1ccc2c(c1)C1(CCCOCCCc3c4ccccc4cc4ccccc34)c3ccccc3C2(OCCOCCOCCOC23c4ccccc4C(CCCOCCCc4c5ccccc5cc5ccccc45)(c4ccccc42)c2ccccc23)c2ccccc21. The van der Waals surface area contributed by atoms with E-state index in [1.165, 1.54) is 121 Å². The molecule has 0 amide bonds. The second-order valence-corrected chi connectivity index (χ2v) is 25.6. The summed E-state index contributed by atoms with van der Waals surface area (Å²) in [5.74, 6) is 0. The number of ether oxygens (including phenoxy) is 6. The fourth-order valence-corrected chi connectivity index (χ4v) is 17.4. The molecule has 12 aromatic rings. The Labute approximate surface area is 540 Å². The van der Waals surface area contributed by atoms with E-state index in [1.54, 1.807) is 0 Å². The molecule has 92 heavy (non-hydrogen) atoms. The van der Waals surface area contributed by atoms with E-state index in [9.17, 15) is 0 Å². The number of hydrogen-bond donors (Lipinski definition) is 0. The Morgan fingerprint density at radius 2 is 0.446 bits per heavy atom. The number of benzene rings is 12. The standard InChI is InChI=1S/C86H78O6/c1-5-29-65-61(25-1)59-62-26-2-6-30-66(62)69(65)33-21-49-87-51-23-47-83-71-35-9-15-41-77(71)85(78-42-16-10-36-72(78)83,79-43-17-11-37-73(79)83)91-57-55-89-53-54-90-56-58-92-86-80-44-18-12-38-74(80)84(75-39-13-19-45-81(75)86,76-40-14-20-46-82(76)86)48-24-52-88-50-22-34-70-67-31-7-3-27-63(67)60-64-28-4-8-32-68(64)70/h1-20,25-32,35-46,59-60H,21-24,33-34,47-58H2. The van der Waals surface area contributed by atoms with Crippen LogP contribution in [0.25, 0.3) is 43.1 Å². The van der Waals surface area contributed by atoms with Gasteiger partial charge in [0.1, 0.15) is 11.2 Å². The molecule has 0 N–H and O–H groups in total. The van der Waals surface area contributed by atoms with Gasteiger partial charge in [-0.15, -0.1) is 0 Å². The van der Waals surface area contributed by atoms with Crippen molar-refractivity contribution in [1.29, 1.82) is 0 Å². The molecule has 6 heteroatoms. The minimum Gasteiger partial charge on any atom is -0.381 e. The molecule has 0 spiro atoms. The van der Waals surface area contributed by atoms with Crippen LogP contribution >= 0.6 is 0 Å². The Bertz CT molecular complexity index is 4030. The van der Waals surface area contributed by atoms with E-state index in [0.29, 0.717) is 52.9 Å². The van der Waals surface area contributed by atoms with Gasteiger partial charge in [-0.05, 0) is 184 Å². The van der Waals surface area contributed by atoms with Gasteiger partial charge in [-0.25, -0.2) is 0 Å². The summed E-state index contributed by atoms with van der Waals surface area (Å²) in [6.07, 6.45) is 7.60. The van der Waals surface area contributed by atoms with Crippen LogP contribution in [0.15, 0.2) is 255 Å². The molecule has 12 aromatic carbocycles. The topological polar surface area (TPSA) is 55.4 Å². The maximum Gasteiger partial charge on any atom is 0.144 e. The van der Waals surface area contributed by atoms with E-state index in [1.807, 2.05) is 0 Å². The average molecular weight is 1210 g/mol. The van der Waals surface area contributed by atoms with Crippen LogP contribution in [-0.2, 0) is 63.3 Å². The molecule has 0 fully saturated rings. The molecule has 6 aliphatic rings. The fraction of sp³-hybridized carbons (Fsp3) is 0.256. The number of fused-ring (bicyclic) bond motifs is 4. The highest BCUT2D eigenvalue weighted by Crippen LogP contribution is 2.65. The summed E-state index contributed by atoms with van der Waals surface area (Å²) in [5.41, 5.74) is 15.9. The predicted molar refractivity (Wildman–Crippen MR) is 371 cm³/mol. The van der Waals surface area contributed by atoms with Crippen molar-refractivity contribution >= 4 is 43.1 Å². The molecule has 0 saturated heterocycles. The van der Waals surface area contributed by atoms with Crippen LogP contribution in [0.2, 0.25) is 0 Å². The minimum absolute atomic E-state index is 0.334. The minimum atomic E-state index is -0.775. The van der Waals surface area contributed by atoms with Gasteiger partial charge >= 0.3 is 0 Å². The van der Waals surface area contributed by atoms with E-state index in [-0.39, 0.29) is 10.8 Å². The third-order valence-electron chi connectivity index (χ3n) is 20.9. The number of aryl methyl sites for hydroxylation is 2. The first-order valence-corrected chi connectivity index (χ1v) is 33.6. The highest BCUT2D eigenvalue weighted by Gasteiger charge is 2.60. The van der Waals surface area contributed by atoms with Crippen molar-refractivity contribution in [2.45, 2.75) is 73.4 Å². The van der Waals surface area contributed by atoms with E-state index < -0.39 is 11.2 Å². The van der Waals surface area contributed by atoms with E-state index >= 15 is 0 Å². The van der Waals surface area contributed by atoms with Crippen LogP contribution in [0.3, 0.4) is 0 Å². The maximum absolute atomic E-state index is 7.34. The van der Waals surface area contributed by atoms with Gasteiger partial charge in [-0.1, -0.05) is 243 Å². The lowest BCUT2D eigenvalue weighted by atomic mass is 9.50. The molecule has 0 saturated carbocycles. The Kier molecular flexibility index (Phi) is 16.0. The van der Waals surface area contributed by atoms with Crippen LogP contribution in [-0.4, -0.2) is 66.1 Å².